The lowest BCUT2D eigenvalue weighted by atomic mass is 10.1. The van der Waals surface area contributed by atoms with Gasteiger partial charge in [-0.25, -0.2) is 4.79 Å². The van der Waals surface area contributed by atoms with Crippen LogP contribution in [0.5, 0.6) is 5.75 Å². The van der Waals surface area contributed by atoms with Crippen LogP contribution in [0.3, 0.4) is 0 Å². The minimum Gasteiger partial charge on any atom is -0.484 e. The third-order valence-electron chi connectivity index (χ3n) is 3.02. The first-order valence-corrected chi connectivity index (χ1v) is 7.51. The van der Waals surface area contributed by atoms with E-state index in [0.29, 0.717) is 17.9 Å². The van der Waals surface area contributed by atoms with E-state index < -0.39 is 11.5 Å². The van der Waals surface area contributed by atoms with E-state index in [0.717, 1.165) is 10.9 Å². The van der Waals surface area contributed by atoms with E-state index in [2.05, 4.69) is 22.7 Å². The first-order chi connectivity index (χ1) is 11.5. The molecule has 8 heteroatoms. The highest BCUT2D eigenvalue weighted by Crippen LogP contribution is 2.22. The smallest absolute Gasteiger partial charge is 0.336 e. The monoisotopic (exact) mass is 347 g/mol. The van der Waals surface area contributed by atoms with Crippen LogP contribution < -0.4 is 26.5 Å². The number of ether oxygens (including phenoxy) is 1. The predicted octanol–water partition coefficient (Wildman–Crippen LogP) is 1.16. The quantitative estimate of drug-likeness (QED) is 0.323. The molecule has 0 aliphatic rings. The molecule has 0 saturated carbocycles. The maximum Gasteiger partial charge on any atom is 0.336 e. The van der Waals surface area contributed by atoms with Crippen LogP contribution in [-0.4, -0.2) is 24.2 Å². The Labute approximate surface area is 143 Å². The first kappa shape index (κ1) is 17.5. The van der Waals surface area contributed by atoms with E-state index in [1.54, 1.807) is 24.3 Å². The fraction of sp³-hybridized carbons (Fsp3) is 0.188. The predicted molar refractivity (Wildman–Crippen MR) is 94.8 cm³/mol. The number of nitrogens with one attached hydrogen (secondary N) is 3. The molecule has 1 aromatic heterocycles. The van der Waals surface area contributed by atoms with Gasteiger partial charge in [-0.3, -0.25) is 15.6 Å². The summed E-state index contributed by atoms with van der Waals surface area (Å²) >= 11 is 4.93. The molecule has 0 aliphatic carbocycles. The molecular formula is C16H17N3O4S. The van der Waals surface area contributed by atoms with Gasteiger partial charge in [0.25, 0.3) is 5.91 Å². The van der Waals surface area contributed by atoms with Crippen LogP contribution in [0, 0.1) is 6.92 Å². The molecule has 0 fully saturated rings. The molecule has 0 unspecified atom stereocenters. The number of thiocarbonyl (C=S) groups is 1. The fourth-order valence-corrected chi connectivity index (χ4v) is 2.05. The summed E-state index contributed by atoms with van der Waals surface area (Å²) in [5.74, 6) is 0.00213. The number of fused-ring (bicyclic) bond motifs is 1. The number of benzene rings is 1. The number of hydrogen-bond acceptors (Lipinski definition) is 5. The van der Waals surface area contributed by atoms with Crippen LogP contribution in [0.1, 0.15) is 5.56 Å². The van der Waals surface area contributed by atoms with Crippen molar-refractivity contribution in [2.24, 2.45) is 0 Å². The molecule has 2 rings (SSSR count). The van der Waals surface area contributed by atoms with Crippen molar-refractivity contribution in [2.75, 3.05) is 13.2 Å². The third-order valence-corrected chi connectivity index (χ3v) is 3.26. The summed E-state index contributed by atoms with van der Waals surface area (Å²) in [5, 5.41) is 3.88. The molecule has 0 radical (unpaired) electrons. The van der Waals surface area contributed by atoms with Crippen LogP contribution >= 0.6 is 12.2 Å². The highest BCUT2D eigenvalue weighted by Gasteiger charge is 2.06. The number of aryl methyl sites for hydroxylation is 1. The van der Waals surface area contributed by atoms with Crippen molar-refractivity contribution in [2.45, 2.75) is 6.92 Å². The normalized spacial score (nSPS) is 10.0. The Balaban J connectivity index is 1.91. The summed E-state index contributed by atoms with van der Waals surface area (Å²) in [6.45, 7) is 5.62. The number of amides is 1. The summed E-state index contributed by atoms with van der Waals surface area (Å²) in [4.78, 5) is 23.1. The minimum atomic E-state index is -0.431. The average Bonchev–Trinajstić information content (AvgIpc) is 2.55. The van der Waals surface area contributed by atoms with E-state index in [9.17, 15) is 9.59 Å². The molecule has 0 spiro atoms. The summed E-state index contributed by atoms with van der Waals surface area (Å²) in [6, 6.07) is 6.46. The Bertz CT molecular complexity index is 832. The summed E-state index contributed by atoms with van der Waals surface area (Å²) < 4.78 is 10.5. The van der Waals surface area contributed by atoms with Gasteiger partial charge in [-0.05, 0) is 36.8 Å². The zero-order valence-corrected chi connectivity index (χ0v) is 13.9. The Morgan fingerprint density at radius 1 is 1.38 bits per heavy atom. The van der Waals surface area contributed by atoms with Crippen LogP contribution in [-0.2, 0) is 4.79 Å². The second kappa shape index (κ2) is 8.11. The Morgan fingerprint density at radius 3 is 2.92 bits per heavy atom. The summed E-state index contributed by atoms with van der Waals surface area (Å²) in [5.41, 5.74) is 5.72. The number of hydrazine groups is 1. The van der Waals surface area contributed by atoms with Crippen molar-refractivity contribution < 1.29 is 13.9 Å². The molecule has 7 nitrogen and oxygen atoms in total. The summed E-state index contributed by atoms with van der Waals surface area (Å²) in [7, 11) is 0. The SMILES string of the molecule is C=CCNC(=S)NNC(=O)COc1ccc2c(C)cc(=O)oc2c1. The largest absolute Gasteiger partial charge is 0.484 e. The van der Waals surface area contributed by atoms with Crippen molar-refractivity contribution in [1.29, 1.82) is 0 Å². The zero-order valence-electron chi connectivity index (χ0n) is 13.0. The Kier molecular flexibility index (Phi) is 5.91. The van der Waals surface area contributed by atoms with Gasteiger partial charge in [-0.2, -0.15) is 0 Å². The van der Waals surface area contributed by atoms with Crippen molar-refractivity contribution in [3.63, 3.8) is 0 Å². The van der Waals surface area contributed by atoms with Crippen molar-refractivity contribution in [3.05, 3.63) is 52.9 Å². The standard InChI is InChI=1S/C16H17N3O4S/c1-3-6-17-16(24)19-18-14(20)9-22-11-4-5-12-10(2)7-15(21)23-13(12)8-11/h3-5,7-8H,1,6,9H2,2H3,(H,18,20)(H2,17,19,24). The van der Waals surface area contributed by atoms with E-state index >= 15 is 0 Å². The Hall–Kier alpha value is -2.87. The maximum atomic E-state index is 11.7. The topological polar surface area (TPSA) is 92.6 Å². The van der Waals surface area contributed by atoms with Crippen LogP contribution in [0.4, 0.5) is 0 Å². The van der Waals surface area contributed by atoms with Gasteiger partial charge < -0.3 is 14.5 Å². The molecule has 0 saturated heterocycles. The highest BCUT2D eigenvalue weighted by molar-refractivity contribution is 7.80. The number of carbonyl (C=O) groups excluding carboxylic acids is 1. The average molecular weight is 347 g/mol. The molecule has 1 heterocycles. The van der Waals surface area contributed by atoms with Crippen LogP contribution in [0.25, 0.3) is 11.0 Å². The molecule has 3 N–H and O–H groups in total. The molecule has 0 bridgehead atoms. The molecule has 24 heavy (non-hydrogen) atoms. The lowest BCUT2D eigenvalue weighted by molar-refractivity contribution is -0.123. The second-order valence-electron chi connectivity index (χ2n) is 4.87. The summed E-state index contributed by atoms with van der Waals surface area (Å²) in [6.07, 6.45) is 1.64. The van der Waals surface area contributed by atoms with Crippen LogP contribution in [0.2, 0.25) is 0 Å². The van der Waals surface area contributed by atoms with Gasteiger partial charge in [0, 0.05) is 24.1 Å². The first-order valence-electron chi connectivity index (χ1n) is 7.10. The molecule has 0 atom stereocenters. The van der Waals surface area contributed by atoms with Gasteiger partial charge in [0.15, 0.2) is 11.7 Å². The molecule has 2 aromatic rings. The highest BCUT2D eigenvalue weighted by atomic mass is 32.1. The number of rotatable bonds is 5. The Morgan fingerprint density at radius 2 is 2.17 bits per heavy atom. The number of hydrogen-bond donors (Lipinski definition) is 3. The number of carbonyl (C=O) groups is 1. The second-order valence-corrected chi connectivity index (χ2v) is 5.28. The third kappa shape index (κ3) is 4.82. The molecule has 1 aromatic carbocycles. The van der Waals surface area contributed by atoms with Gasteiger partial charge >= 0.3 is 5.63 Å². The van der Waals surface area contributed by atoms with E-state index in [-0.39, 0.29) is 11.7 Å². The molecular weight excluding hydrogens is 330 g/mol. The molecule has 0 aliphatic heterocycles. The van der Waals surface area contributed by atoms with Gasteiger partial charge in [-0.1, -0.05) is 6.08 Å². The lowest BCUT2D eigenvalue weighted by Gasteiger charge is -2.11. The minimum absolute atomic E-state index is 0.224. The van der Waals surface area contributed by atoms with E-state index in [4.69, 9.17) is 21.4 Å². The molecule has 1 amide bonds. The molecule has 126 valence electrons. The van der Waals surface area contributed by atoms with Crippen molar-refractivity contribution in [1.82, 2.24) is 16.2 Å². The van der Waals surface area contributed by atoms with Gasteiger partial charge in [0.1, 0.15) is 11.3 Å². The van der Waals surface area contributed by atoms with Gasteiger partial charge in [-0.15, -0.1) is 6.58 Å². The van der Waals surface area contributed by atoms with E-state index in [1.807, 2.05) is 6.92 Å². The van der Waals surface area contributed by atoms with Crippen molar-refractivity contribution >= 4 is 34.2 Å². The van der Waals surface area contributed by atoms with Crippen LogP contribution in [0.15, 0.2) is 46.1 Å². The zero-order chi connectivity index (χ0) is 17.5. The van der Waals surface area contributed by atoms with E-state index in [1.165, 1.54) is 6.07 Å². The van der Waals surface area contributed by atoms with Gasteiger partial charge in [0.2, 0.25) is 0 Å². The lowest BCUT2D eigenvalue weighted by Crippen LogP contribution is -2.48. The van der Waals surface area contributed by atoms with Gasteiger partial charge in [0.05, 0.1) is 0 Å². The van der Waals surface area contributed by atoms with Crippen molar-refractivity contribution in [3.8, 4) is 5.75 Å². The fourth-order valence-electron chi connectivity index (χ4n) is 1.92. The maximum absolute atomic E-state index is 11.7.